The van der Waals surface area contributed by atoms with E-state index in [1.54, 1.807) is 6.08 Å². The second kappa shape index (κ2) is 5.96. The standard InChI is InChI=1S/C16H14FNO/c1-12-2-4-13(5-3-12)6-11-16(19)18-15-9-7-14(17)8-10-15/h2-11H,1H3,(H,18,19). The van der Waals surface area contributed by atoms with Gasteiger partial charge in [-0.15, -0.1) is 0 Å². The Labute approximate surface area is 111 Å². The Hall–Kier alpha value is -2.42. The van der Waals surface area contributed by atoms with Crippen LogP contribution in [0, 0.1) is 12.7 Å². The second-order valence-corrected chi connectivity index (χ2v) is 4.24. The van der Waals surface area contributed by atoms with Crippen LogP contribution in [0.2, 0.25) is 0 Å². The summed E-state index contributed by atoms with van der Waals surface area (Å²) in [5.41, 5.74) is 2.70. The van der Waals surface area contributed by atoms with E-state index < -0.39 is 0 Å². The Morgan fingerprint density at radius 2 is 1.68 bits per heavy atom. The van der Waals surface area contributed by atoms with Crippen LogP contribution in [0.4, 0.5) is 10.1 Å². The average Bonchev–Trinajstić information content (AvgIpc) is 2.41. The first-order chi connectivity index (χ1) is 9.13. The fraction of sp³-hybridized carbons (Fsp3) is 0.0625. The van der Waals surface area contributed by atoms with E-state index in [0.29, 0.717) is 5.69 Å². The van der Waals surface area contributed by atoms with Gasteiger partial charge in [-0.05, 0) is 42.8 Å². The average molecular weight is 255 g/mol. The Kier molecular flexibility index (Phi) is 4.08. The minimum atomic E-state index is -0.326. The van der Waals surface area contributed by atoms with Crippen molar-refractivity contribution in [1.82, 2.24) is 0 Å². The maximum atomic E-state index is 12.7. The summed E-state index contributed by atoms with van der Waals surface area (Å²) in [5, 5.41) is 2.66. The number of hydrogen-bond donors (Lipinski definition) is 1. The van der Waals surface area contributed by atoms with E-state index in [1.807, 2.05) is 31.2 Å². The summed E-state index contributed by atoms with van der Waals surface area (Å²) in [7, 11) is 0. The van der Waals surface area contributed by atoms with Gasteiger partial charge >= 0.3 is 0 Å². The van der Waals surface area contributed by atoms with Crippen LogP contribution in [-0.2, 0) is 4.79 Å². The van der Waals surface area contributed by atoms with Crippen LogP contribution in [0.15, 0.2) is 54.6 Å². The summed E-state index contributed by atoms with van der Waals surface area (Å²) in [6.07, 6.45) is 3.19. The molecule has 2 aromatic carbocycles. The van der Waals surface area contributed by atoms with Crippen molar-refractivity contribution in [3.05, 3.63) is 71.6 Å². The molecule has 0 atom stereocenters. The molecule has 2 nitrogen and oxygen atoms in total. The molecule has 0 spiro atoms. The van der Waals surface area contributed by atoms with Crippen LogP contribution in [-0.4, -0.2) is 5.91 Å². The van der Waals surface area contributed by atoms with Crippen molar-refractivity contribution >= 4 is 17.7 Å². The van der Waals surface area contributed by atoms with Crippen molar-refractivity contribution in [2.45, 2.75) is 6.92 Å². The monoisotopic (exact) mass is 255 g/mol. The van der Waals surface area contributed by atoms with Crippen LogP contribution in [0.3, 0.4) is 0 Å². The van der Waals surface area contributed by atoms with Gasteiger partial charge in [-0.25, -0.2) is 4.39 Å². The summed E-state index contributed by atoms with van der Waals surface area (Å²) in [4.78, 5) is 11.6. The van der Waals surface area contributed by atoms with Gasteiger partial charge in [0.1, 0.15) is 5.82 Å². The van der Waals surface area contributed by atoms with Crippen molar-refractivity contribution in [2.75, 3.05) is 5.32 Å². The Morgan fingerprint density at radius 1 is 1.05 bits per heavy atom. The van der Waals surface area contributed by atoms with Gasteiger partial charge in [0.15, 0.2) is 0 Å². The predicted molar refractivity (Wildman–Crippen MR) is 75.2 cm³/mol. The highest BCUT2D eigenvalue weighted by molar-refractivity contribution is 6.01. The molecule has 3 heteroatoms. The van der Waals surface area contributed by atoms with Crippen molar-refractivity contribution in [3.63, 3.8) is 0 Å². The van der Waals surface area contributed by atoms with Crippen LogP contribution in [0.25, 0.3) is 6.08 Å². The zero-order valence-electron chi connectivity index (χ0n) is 10.6. The topological polar surface area (TPSA) is 29.1 Å². The Morgan fingerprint density at radius 3 is 2.32 bits per heavy atom. The lowest BCUT2D eigenvalue weighted by atomic mass is 10.1. The smallest absolute Gasteiger partial charge is 0.248 e. The van der Waals surface area contributed by atoms with Crippen molar-refractivity contribution in [1.29, 1.82) is 0 Å². The molecule has 0 aliphatic heterocycles. The van der Waals surface area contributed by atoms with Crippen molar-refractivity contribution in [2.24, 2.45) is 0 Å². The van der Waals surface area contributed by atoms with E-state index in [4.69, 9.17) is 0 Å². The molecular weight excluding hydrogens is 241 g/mol. The van der Waals surface area contributed by atoms with E-state index >= 15 is 0 Å². The molecule has 0 heterocycles. The molecule has 2 aromatic rings. The van der Waals surface area contributed by atoms with E-state index in [0.717, 1.165) is 5.56 Å². The molecule has 2 rings (SSSR count). The molecule has 0 radical (unpaired) electrons. The van der Waals surface area contributed by atoms with Crippen molar-refractivity contribution in [3.8, 4) is 0 Å². The number of nitrogens with one attached hydrogen (secondary N) is 1. The van der Waals surface area contributed by atoms with Crippen LogP contribution >= 0.6 is 0 Å². The Bertz CT molecular complexity index is 585. The molecular formula is C16H14FNO. The SMILES string of the molecule is Cc1ccc(C=CC(=O)Nc2ccc(F)cc2)cc1. The zero-order valence-corrected chi connectivity index (χ0v) is 10.6. The van der Waals surface area contributed by atoms with Crippen LogP contribution in [0.1, 0.15) is 11.1 Å². The summed E-state index contributed by atoms with van der Waals surface area (Å²) in [5.74, 6) is -0.569. The maximum absolute atomic E-state index is 12.7. The molecule has 0 saturated heterocycles. The fourth-order valence-corrected chi connectivity index (χ4v) is 1.57. The lowest BCUT2D eigenvalue weighted by Crippen LogP contribution is -2.07. The fourth-order valence-electron chi connectivity index (χ4n) is 1.57. The summed E-state index contributed by atoms with van der Waals surface area (Å²) < 4.78 is 12.7. The van der Waals surface area contributed by atoms with Gasteiger partial charge in [0.25, 0.3) is 0 Å². The largest absolute Gasteiger partial charge is 0.323 e. The highest BCUT2D eigenvalue weighted by Gasteiger charge is 1.98. The molecule has 0 aliphatic carbocycles. The number of carbonyl (C=O) groups is 1. The van der Waals surface area contributed by atoms with E-state index in [9.17, 15) is 9.18 Å². The van der Waals surface area contributed by atoms with E-state index in [-0.39, 0.29) is 11.7 Å². The third kappa shape index (κ3) is 4.07. The van der Waals surface area contributed by atoms with Crippen LogP contribution < -0.4 is 5.32 Å². The van der Waals surface area contributed by atoms with Gasteiger partial charge in [-0.1, -0.05) is 29.8 Å². The number of carbonyl (C=O) groups excluding carboxylic acids is 1. The molecule has 0 unspecified atom stereocenters. The van der Waals surface area contributed by atoms with Gasteiger partial charge in [-0.2, -0.15) is 0 Å². The zero-order chi connectivity index (χ0) is 13.7. The number of rotatable bonds is 3. The number of anilines is 1. The summed E-state index contributed by atoms with van der Waals surface area (Å²) >= 11 is 0. The number of aryl methyl sites for hydroxylation is 1. The maximum Gasteiger partial charge on any atom is 0.248 e. The third-order valence-electron chi connectivity index (χ3n) is 2.62. The molecule has 1 amide bonds. The Balaban J connectivity index is 1.97. The van der Waals surface area contributed by atoms with Crippen molar-refractivity contribution < 1.29 is 9.18 Å². The van der Waals surface area contributed by atoms with Gasteiger partial charge in [0.05, 0.1) is 0 Å². The van der Waals surface area contributed by atoms with E-state index in [1.165, 1.54) is 35.9 Å². The van der Waals surface area contributed by atoms with Gasteiger partial charge in [0, 0.05) is 11.8 Å². The molecule has 0 saturated carbocycles. The van der Waals surface area contributed by atoms with E-state index in [2.05, 4.69) is 5.32 Å². The second-order valence-electron chi connectivity index (χ2n) is 4.24. The number of amides is 1. The minimum Gasteiger partial charge on any atom is -0.323 e. The quantitative estimate of drug-likeness (QED) is 0.831. The lowest BCUT2D eigenvalue weighted by molar-refractivity contribution is -0.111. The first-order valence-electron chi connectivity index (χ1n) is 5.95. The lowest BCUT2D eigenvalue weighted by Gasteiger charge is -2.01. The predicted octanol–water partition coefficient (Wildman–Crippen LogP) is 3.79. The molecule has 0 aliphatic rings. The summed E-state index contributed by atoms with van der Waals surface area (Å²) in [6.45, 7) is 2.01. The third-order valence-corrected chi connectivity index (χ3v) is 2.62. The number of benzene rings is 2. The van der Waals surface area contributed by atoms with Crippen LogP contribution in [0.5, 0.6) is 0 Å². The van der Waals surface area contributed by atoms with Gasteiger partial charge in [0.2, 0.25) is 5.91 Å². The molecule has 19 heavy (non-hydrogen) atoms. The number of halogens is 1. The minimum absolute atomic E-state index is 0.243. The highest BCUT2D eigenvalue weighted by atomic mass is 19.1. The summed E-state index contributed by atoms with van der Waals surface area (Å²) in [6, 6.07) is 13.5. The molecule has 1 N–H and O–H groups in total. The molecule has 0 fully saturated rings. The normalized spacial score (nSPS) is 10.6. The first-order valence-corrected chi connectivity index (χ1v) is 5.95. The molecule has 0 aromatic heterocycles. The number of hydrogen-bond acceptors (Lipinski definition) is 1. The van der Waals surface area contributed by atoms with Gasteiger partial charge < -0.3 is 5.32 Å². The molecule has 96 valence electrons. The molecule has 0 bridgehead atoms. The highest BCUT2D eigenvalue weighted by Crippen LogP contribution is 2.09. The van der Waals surface area contributed by atoms with Gasteiger partial charge in [-0.3, -0.25) is 4.79 Å². The first kappa shape index (κ1) is 13.0.